The van der Waals surface area contributed by atoms with Gasteiger partial charge in [0.15, 0.2) is 12.0 Å². The van der Waals surface area contributed by atoms with E-state index in [4.69, 9.17) is 4.74 Å². The predicted octanol–water partition coefficient (Wildman–Crippen LogP) is 1.82. The fourth-order valence-corrected chi connectivity index (χ4v) is 1.68. The van der Waals surface area contributed by atoms with Crippen molar-refractivity contribution in [1.29, 1.82) is 0 Å². The van der Waals surface area contributed by atoms with Crippen molar-refractivity contribution in [3.8, 4) is 5.75 Å². The van der Waals surface area contributed by atoms with Gasteiger partial charge in [0.05, 0.1) is 0 Å². The maximum Gasteiger partial charge on any atom is 0.172 e. The van der Waals surface area contributed by atoms with E-state index in [1.54, 1.807) is 11.7 Å². The van der Waals surface area contributed by atoms with Gasteiger partial charge >= 0.3 is 0 Å². The lowest BCUT2D eigenvalue weighted by Crippen LogP contribution is -2.06. The number of carbonyl (C=O) groups excluding carboxylic acids is 1. The molecule has 5 nitrogen and oxygen atoms in total. The van der Waals surface area contributed by atoms with Crippen LogP contribution in [-0.4, -0.2) is 21.3 Å². The topological polar surface area (TPSA) is 57.0 Å². The van der Waals surface area contributed by atoms with Crippen LogP contribution in [0.1, 0.15) is 27.3 Å². The van der Waals surface area contributed by atoms with Gasteiger partial charge in [0.1, 0.15) is 18.1 Å². The third-order valence-electron chi connectivity index (χ3n) is 3.00. The average Bonchev–Trinajstić information content (AvgIpc) is 2.72. The number of ether oxygens (including phenoxy) is 1. The fraction of sp³-hybridized carbons (Fsp3) is 0.308. The summed E-state index contributed by atoms with van der Waals surface area (Å²) >= 11 is 0. The van der Waals surface area contributed by atoms with Crippen LogP contribution in [0.3, 0.4) is 0 Å². The van der Waals surface area contributed by atoms with Crippen LogP contribution >= 0.6 is 0 Å². The monoisotopic (exact) mass is 245 g/mol. The van der Waals surface area contributed by atoms with E-state index in [2.05, 4.69) is 10.3 Å². The Morgan fingerprint density at radius 2 is 2.17 bits per heavy atom. The lowest BCUT2D eigenvalue weighted by Gasteiger charge is -2.10. The van der Waals surface area contributed by atoms with Crippen molar-refractivity contribution in [2.45, 2.75) is 20.5 Å². The van der Waals surface area contributed by atoms with Crippen LogP contribution in [0.2, 0.25) is 0 Å². The number of rotatable bonds is 4. The van der Waals surface area contributed by atoms with E-state index in [9.17, 15) is 4.79 Å². The van der Waals surface area contributed by atoms with E-state index < -0.39 is 0 Å². The molecule has 94 valence electrons. The number of nitrogens with zero attached hydrogens (tertiary/aromatic N) is 3. The fourth-order valence-electron chi connectivity index (χ4n) is 1.68. The summed E-state index contributed by atoms with van der Waals surface area (Å²) in [5.74, 6) is 0.813. The number of aryl methyl sites for hydroxylation is 2. The van der Waals surface area contributed by atoms with Crippen LogP contribution in [0.4, 0.5) is 0 Å². The van der Waals surface area contributed by atoms with E-state index in [-0.39, 0.29) is 6.61 Å². The second kappa shape index (κ2) is 5.00. The van der Waals surface area contributed by atoms with Gasteiger partial charge in [0.25, 0.3) is 0 Å². The lowest BCUT2D eigenvalue weighted by molar-refractivity contribution is 0.111. The van der Waals surface area contributed by atoms with Crippen molar-refractivity contribution in [3.05, 3.63) is 40.7 Å². The Labute approximate surface area is 105 Å². The summed E-state index contributed by atoms with van der Waals surface area (Å²) in [6.07, 6.45) is 0.689. The van der Waals surface area contributed by atoms with Crippen molar-refractivity contribution >= 4 is 6.29 Å². The van der Waals surface area contributed by atoms with Crippen LogP contribution in [0.25, 0.3) is 0 Å². The van der Waals surface area contributed by atoms with Gasteiger partial charge in [-0.2, -0.15) is 0 Å². The normalized spacial score (nSPS) is 10.4. The zero-order chi connectivity index (χ0) is 13.1. The highest BCUT2D eigenvalue weighted by Gasteiger charge is 2.11. The molecule has 0 spiro atoms. The molecular formula is C13H15N3O2. The first-order chi connectivity index (χ1) is 8.63. The Kier molecular flexibility index (Phi) is 3.41. The van der Waals surface area contributed by atoms with Crippen molar-refractivity contribution in [2.75, 3.05) is 0 Å². The molecule has 5 heteroatoms. The summed E-state index contributed by atoms with van der Waals surface area (Å²) < 4.78 is 7.28. The molecule has 0 fully saturated rings. The molecule has 0 aliphatic carbocycles. The molecule has 0 aliphatic rings. The standard InChI is InChI=1S/C13H15N3O2/c1-9-5-4-6-13(10(9)2)18-8-12-11(7-17)14-15-16(12)3/h4-7H,8H2,1-3H3. The molecule has 2 aromatic rings. The minimum Gasteiger partial charge on any atom is -0.487 e. The highest BCUT2D eigenvalue weighted by atomic mass is 16.5. The molecule has 1 aromatic heterocycles. The van der Waals surface area contributed by atoms with Crippen molar-refractivity contribution in [3.63, 3.8) is 0 Å². The zero-order valence-electron chi connectivity index (χ0n) is 10.7. The van der Waals surface area contributed by atoms with E-state index >= 15 is 0 Å². The van der Waals surface area contributed by atoms with Crippen LogP contribution in [0.15, 0.2) is 18.2 Å². The summed E-state index contributed by atoms with van der Waals surface area (Å²) in [6.45, 7) is 4.32. The number of carbonyl (C=O) groups is 1. The molecule has 0 saturated carbocycles. The van der Waals surface area contributed by atoms with Gasteiger partial charge in [-0.15, -0.1) is 5.10 Å². The highest BCUT2D eigenvalue weighted by Crippen LogP contribution is 2.21. The Balaban J connectivity index is 2.19. The predicted molar refractivity (Wildman–Crippen MR) is 66.6 cm³/mol. The van der Waals surface area contributed by atoms with E-state index in [1.807, 2.05) is 32.0 Å². The Morgan fingerprint density at radius 3 is 2.89 bits per heavy atom. The minimum atomic E-state index is 0.280. The van der Waals surface area contributed by atoms with Crippen molar-refractivity contribution in [1.82, 2.24) is 15.0 Å². The van der Waals surface area contributed by atoms with Crippen molar-refractivity contribution in [2.24, 2.45) is 7.05 Å². The third-order valence-corrected chi connectivity index (χ3v) is 3.00. The summed E-state index contributed by atoms with van der Waals surface area (Å²) in [5, 5.41) is 7.55. The Bertz CT molecular complexity index is 576. The summed E-state index contributed by atoms with van der Waals surface area (Å²) in [4.78, 5) is 10.8. The number of aldehydes is 1. The molecule has 0 N–H and O–H groups in total. The molecule has 1 heterocycles. The summed E-state index contributed by atoms with van der Waals surface area (Å²) in [6, 6.07) is 5.89. The van der Waals surface area contributed by atoms with Gasteiger partial charge in [-0.05, 0) is 31.0 Å². The second-order valence-electron chi connectivity index (χ2n) is 4.15. The van der Waals surface area contributed by atoms with Crippen LogP contribution in [0.5, 0.6) is 5.75 Å². The molecular weight excluding hydrogens is 230 g/mol. The van der Waals surface area contributed by atoms with Gasteiger partial charge in [0, 0.05) is 7.05 Å². The largest absolute Gasteiger partial charge is 0.487 e. The SMILES string of the molecule is Cc1cccc(OCc2c(C=O)nnn2C)c1C. The Hall–Kier alpha value is -2.17. The molecule has 2 rings (SSSR count). The van der Waals surface area contributed by atoms with Crippen LogP contribution < -0.4 is 4.74 Å². The Morgan fingerprint density at radius 1 is 1.39 bits per heavy atom. The molecule has 0 radical (unpaired) electrons. The average molecular weight is 245 g/mol. The maximum absolute atomic E-state index is 10.8. The van der Waals surface area contributed by atoms with Gasteiger partial charge in [-0.1, -0.05) is 17.3 Å². The van der Waals surface area contributed by atoms with Crippen LogP contribution in [-0.2, 0) is 13.7 Å². The van der Waals surface area contributed by atoms with E-state index in [0.717, 1.165) is 11.3 Å². The van der Waals surface area contributed by atoms with Gasteiger partial charge in [-0.3, -0.25) is 4.79 Å². The quantitative estimate of drug-likeness (QED) is 0.771. The molecule has 0 unspecified atom stereocenters. The van der Waals surface area contributed by atoms with E-state index in [1.165, 1.54) is 5.56 Å². The smallest absolute Gasteiger partial charge is 0.172 e. The van der Waals surface area contributed by atoms with E-state index in [0.29, 0.717) is 17.7 Å². The first kappa shape index (κ1) is 12.3. The molecule has 0 atom stereocenters. The molecule has 0 aliphatic heterocycles. The third kappa shape index (κ3) is 2.25. The molecule has 0 bridgehead atoms. The zero-order valence-corrected chi connectivity index (χ0v) is 10.7. The maximum atomic E-state index is 10.8. The van der Waals surface area contributed by atoms with Crippen molar-refractivity contribution < 1.29 is 9.53 Å². The molecule has 0 saturated heterocycles. The number of hydrogen-bond donors (Lipinski definition) is 0. The van der Waals surface area contributed by atoms with Gasteiger partial charge in [0.2, 0.25) is 0 Å². The highest BCUT2D eigenvalue weighted by molar-refractivity contribution is 5.73. The first-order valence-electron chi connectivity index (χ1n) is 5.66. The second-order valence-corrected chi connectivity index (χ2v) is 4.15. The number of aromatic nitrogens is 3. The first-order valence-corrected chi connectivity index (χ1v) is 5.66. The van der Waals surface area contributed by atoms with Crippen LogP contribution in [0, 0.1) is 13.8 Å². The minimum absolute atomic E-state index is 0.280. The number of hydrogen-bond acceptors (Lipinski definition) is 4. The summed E-state index contributed by atoms with van der Waals surface area (Å²) in [5.41, 5.74) is 3.26. The lowest BCUT2D eigenvalue weighted by atomic mass is 10.1. The van der Waals surface area contributed by atoms with Gasteiger partial charge in [-0.25, -0.2) is 4.68 Å². The van der Waals surface area contributed by atoms with Gasteiger partial charge < -0.3 is 4.74 Å². The molecule has 1 aromatic carbocycles. The number of benzene rings is 1. The molecule has 18 heavy (non-hydrogen) atoms. The molecule has 0 amide bonds. The summed E-state index contributed by atoms with van der Waals surface area (Å²) in [7, 11) is 1.74.